The highest BCUT2D eigenvalue weighted by Gasteiger charge is 2.42. The van der Waals surface area contributed by atoms with Gasteiger partial charge in [-0.1, -0.05) is 38.2 Å². The molecule has 6 atom stereocenters. The number of aliphatic hydroxyl groups excluding tert-OH is 2. The number of aliphatic hydroxyl groups is 2. The predicted molar refractivity (Wildman–Crippen MR) is 130 cm³/mol. The fourth-order valence-electron chi connectivity index (χ4n) is 4.29. The van der Waals surface area contributed by atoms with Crippen molar-refractivity contribution in [2.24, 2.45) is 11.8 Å². The van der Waals surface area contributed by atoms with Gasteiger partial charge in [-0.2, -0.15) is 0 Å². The summed E-state index contributed by atoms with van der Waals surface area (Å²) >= 11 is 0. The van der Waals surface area contributed by atoms with Crippen LogP contribution in [0.25, 0.3) is 6.08 Å². The van der Waals surface area contributed by atoms with Crippen LogP contribution in [0.1, 0.15) is 62.5 Å². The summed E-state index contributed by atoms with van der Waals surface area (Å²) in [5.74, 6) is -0.414. The molecule has 0 spiro atoms. The molecule has 0 bridgehead atoms. The first kappa shape index (κ1) is 26.4. The van der Waals surface area contributed by atoms with Gasteiger partial charge < -0.3 is 29.2 Å². The third-order valence-corrected chi connectivity index (χ3v) is 6.35. The van der Waals surface area contributed by atoms with Gasteiger partial charge in [-0.3, -0.25) is 0 Å². The summed E-state index contributed by atoms with van der Waals surface area (Å²) < 4.78 is 23.9. The number of fused-ring (bicyclic) bond motifs is 2. The molecule has 2 N–H and O–H groups in total. The van der Waals surface area contributed by atoms with Gasteiger partial charge >= 0.3 is 5.97 Å². The van der Waals surface area contributed by atoms with Gasteiger partial charge in [0.25, 0.3) is 0 Å². The monoisotopic (exact) mass is 474 g/mol. The number of carbonyl (C=O) groups excluding carboxylic acids is 1. The Balaban J connectivity index is 1.99. The Morgan fingerprint density at radius 3 is 2.56 bits per heavy atom. The average molecular weight is 475 g/mol. The Kier molecular flexibility index (Phi) is 8.57. The summed E-state index contributed by atoms with van der Waals surface area (Å²) in [5, 5.41) is 18.7. The highest BCUT2D eigenvalue weighted by molar-refractivity contribution is 5.95. The van der Waals surface area contributed by atoms with E-state index >= 15 is 0 Å². The third kappa shape index (κ3) is 6.48. The second-order valence-electron chi connectivity index (χ2n) is 9.84. The molecule has 3 rings (SSSR count). The Hall–Kier alpha value is -2.19. The Morgan fingerprint density at radius 2 is 1.85 bits per heavy atom. The lowest BCUT2D eigenvalue weighted by Crippen LogP contribution is -2.29. The maximum absolute atomic E-state index is 13.2. The van der Waals surface area contributed by atoms with Crippen LogP contribution in [-0.2, 0) is 14.2 Å². The molecule has 2 aliphatic heterocycles. The molecular weight excluding hydrogens is 436 g/mol. The number of carbonyl (C=O) groups is 1. The molecule has 2 heterocycles. The molecular formula is C27H38O7. The summed E-state index contributed by atoms with van der Waals surface area (Å²) in [6, 6.07) is 3.49. The summed E-state index contributed by atoms with van der Waals surface area (Å²) in [6.07, 6.45) is 7.14. The van der Waals surface area contributed by atoms with Crippen molar-refractivity contribution in [1.82, 2.24) is 0 Å². The third-order valence-electron chi connectivity index (χ3n) is 6.35. The highest BCUT2D eigenvalue weighted by Crippen LogP contribution is 2.35. The number of cyclic esters (lactones) is 1. The van der Waals surface area contributed by atoms with E-state index in [1.54, 1.807) is 12.1 Å². The highest BCUT2D eigenvalue weighted by atomic mass is 16.8. The van der Waals surface area contributed by atoms with Gasteiger partial charge in [0.1, 0.15) is 24.6 Å². The number of hydrogen-bond acceptors (Lipinski definition) is 7. The zero-order valence-electron chi connectivity index (χ0n) is 21.0. The van der Waals surface area contributed by atoms with E-state index in [1.165, 1.54) is 0 Å². The minimum absolute atomic E-state index is 0.0185. The van der Waals surface area contributed by atoms with Crippen LogP contribution in [0.4, 0.5) is 0 Å². The van der Waals surface area contributed by atoms with Gasteiger partial charge in [0.05, 0.1) is 24.4 Å². The van der Waals surface area contributed by atoms with E-state index in [4.69, 9.17) is 24.1 Å². The summed E-state index contributed by atoms with van der Waals surface area (Å²) in [7, 11) is 0. The molecule has 1 aromatic rings. The molecule has 0 amide bonds. The summed E-state index contributed by atoms with van der Waals surface area (Å²) in [4.78, 5) is 13.2. The SMILES string of the molecule is Cc1cc(OCC(O)CO)cc2c1C(=O)O[C@@H](C)[C@H](C)/C=C\C(C)C1OC(C)(C)O[C@H]1CC=C2. The van der Waals surface area contributed by atoms with E-state index in [2.05, 4.69) is 19.1 Å². The van der Waals surface area contributed by atoms with Gasteiger partial charge in [-0.25, -0.2) is 4.79 Å². The quantitative estimate of drug-likeness (QED) is 0.502. The molecule has 0 aromatic heterocycles. The van der Waals surface area contributed by atoms with E-state index in [-0.39, 0.29) is 43.4 Å². The molecule has 7 heteroatoms. The lowest BCUT2D eigenvalue weighted by Gasteiger charge is -2.23. The standard InChI is InChI=1S/C27H38O7/c1-16-10-11-17(2)25-23(33-27(5,6)34-25)9-7-8-20-13-22(31-15-21(29)14-28)12-18(3)24(20)26(30)32-19(16)4/h7-8,10-13,16-17,19,21,23,25,28-29H,9,14-15H2,1-6H3/b8-7?,11-10-/t16-,17?,19+,21?,23+,25?/m1/s1. The minimum Gasteiger partial charge on any atom is -0.491 e. The number of ether oxygens (including phenoxy) is 4. The number of rotatable bonds is 4. The average Bonchev–Trinajstić information content (AvgIpc) is 3.08. The van der Waals surface area contributed by atoms with Crippen molar-refractivity contribution in [1.29, 1.82) is 0 Å². The van der Waals surface area contributed by atoms with Crippen molar-refractivity contribution in [2.75, 3.05) is 13.2 Å². The van der Waals surface area contributed by atoms with Gasteiger partial charge in [0.2, 0.25) is 0 Å². The number of aryl methyl sites for hydroxylation is 1. The minimum atomic E-state index is -0.980. The van der Waals surface area contributed by atoms with Crippen LogP contribution < -0.4 is 4.74 Å². The van der Waals surface area contributed by atoms with Crippen LogP contribution in [-0.4, -0.2) is 59.6 Å². The van der Waals surface area contributed by atoms with Crippen molar-refractivity contribution < 1.29 is 34.0 Å². The van der Waals surface area contributed by atoms with E-state index in [0.717, 1.165) is 0 Å². The Morgan fingerprint density at radius 1 is 1.15 bits per heavy atom. The number of benzene rings is 1. The fraction of sp³-hybridized carbons (Fsp3) is 0.593. The molecule has 1 aromatic carbocycles. The largest absolute Gasteiger partial charge is 0.491 e. The normalized spacial score (nSPS) is 31.1. The van der Waals surface area contributed by atoms with Gasteiger partial charge in [0.15, 0.2) is 5.79 Å². The number of hydrogen-bond donors (Lipinski definition) is 2. The van der Waals surface area contributed by atoms with Crippen molar-refractivity contribution in [2.45, 2.75) is 78.2 Å². The van der Waals surface area contributed by atoms with Crippen LogP contribution in [0.3, 0.4) is 0 Å². The van der Waals surface area contributed by atoms with E-state index in [1.807, 2.05) is 46.8 Å². The van der Waals surface area contributed by atoms with Crippen molar-refractivity contribution in [3.8, 4) is 5.75 Å². The zero-order chi connectivity index (χ0) is 25.0. The fourth-order valence-corrected chi connectivity index (χ4v) is 4.29. The predicted octanol–water partition coefficient (Wildman–Crippen LogP) is 4.04. The molecule has 3 unspecified atom stereocenters. The molecule has 2 aliphatic rings. The van der Waals surface area contributed by atoms with Crippen molar-refractivity contribution >= 4 is 12.0 Å². The van der Waals surface area contributed by atoms with E-state index in [0.29, 0.717) is 28.9 Å². The molecule has 0 saturated carbocycles. The van der Waals surface area contributed by atoms with Gasteiger partial charge in [0, 0.05) is 11.8 Å². The van der Waals surface area contributed by atoms with E-state index < -0.39 is 17.9 Å². The summed E-state index contributed by atoms with van der Waals surface area (Å²) in [5.41, 5.74) is 1.84. The number of esters is 1. The van der Waals surface area contributed by atoms with Crippen LogP contribution in [0.15, 0.2) is 30.4 Å². The Labute approximate surface area is 202 Å². The maximum atomic E-state index is 13.2. The molecule has 34 heavy (non-hydrogen) atoms. The molecule has 1 fully saturated rings. The molecule has 188 valence electrons. The smallest absolute Gasteiger partial charge is 0.339 e. The lowest BCUT2D eigenvalue weighted by atomic mass is 9.94. The second-order valence-corrected chi connectivity index (χ2v) is 9.84. The molecule has 1 saturated heterocycles. The van der Waals surface area contributed by atoms with Gasteiger partial charge in [-0.15, -0.1) is 0 Å². The van der Waals surface area contributed by atoms with Crippen molar-refractivity contribution in [3.63, 3.8) is 0 Å². The van der Waals surface area contributed by atoms with Crippen molar-refractivity contribution in [3.05, 3.63) is 47.1 Å². The zero-order valence-corrected chi connectivity index (χ0v) is 21.0. The first-order valence-corrected chi connectivity index (χ1v) is 12.0. The topological polar surface area (TPSA) is 94.5 Å². The Bertz CT molecular complexity index is 920. The molecule has 0 aliphatic carbocycles. The van der Waals surface area contributed by atoms with Gasteiger partial charge in [-0.05, 0) is 57.4 Å². The maximum Gasteiger partial charge on any atom is 0.339 e. The van der Waals surface area contributed by atoms with Crippen LogP contribution in [0.2, 0.25) is 0 Å². The van der Waals surface area contributed by atoms with Crippen LogP contribution in [0, 0.1) is 18.8 Å². The molecule has 0 radical (unpaired) electrons. The lowest BCUT2D eigenvalue weighted by molar-refractivity contribution is -0.148. The first-order valence-electron chi connectivity index (χ1n) is 12.0. The van der Waals surface area contributed by atoms with E-state index in [9.17, 15) is 9.90 Å². The molecule has 7 nitrogen and oxygen atoms in total. The second kappa shape index (κ2) is 11.0. The van der Waals surface area contributed by atoms with Crippen LogP contribution in [0.5, 0.6) is 5.75 Å². The first-order chi connectivity index (χ1) is 16.0. The summed E-state index contributed by atoms with van der Waals surface area (Å²) in [6.45, 7) is 11.3. The van der Waals surface area contributed by atoms with Crippen LogP contribution >= 0.6 is 0 Å².